The number of carbonyl (C=O) groups excluding carboxylic acids is 11. The largest absolute Gasteiger partial charge is 0.509 e. The normalized spacial score (nSPS) is 15.4. The summed E-state index contributed by atoms with van der Waals surface area (Å²) in [6.45, 7) is 4.85. The van der Waals surface area contributed by atoms with Crippen LogP contribution >= 0.6 is 33.3 Å². The number of amides is 9. The predicted molar refractivity (Wildman–Crippen MR) is 372 cm³/mol. The van der Waals surface area contributed by atoms with Crippen LogP contribution < -0.4 is 60.0 Å². The van der Waals surface area contributed by atoms with Crippen LogP contribution in [0, 0.1) is 5.92 Å². The second-order valence-corrected chi connectivity index (χ2v) is 27.7. The molecule has 7 rings (SSSR count). The Morgan fingerprint density at radius 1 is 0.684 bits per heavy atom. The van der Waals surface area contributed by atoms with E-state index in [-0.39, 0.29) is 112 Å². The highest BCUT2D eigenvalue weighted by Crippen LogP contribution is 2.41. The van der Waals surface area contributed by atoms with E-state index in [1.807, 2.05) is 50.4 Å². The molecular formula is C68H86N12O15S3. The molecule has 2 aliphatic heterocycles. The molecule has 526 valence electrons. The van der Waals surface area contributed by atoms with E-state index in [4.69, 9.17) is 36.4 Å². The smallest absolute Gasteiger partial charge is 0.457 e. The number of benzene rings is 3. The van der Waals surface area contributed by atoms with Crippen molar-refractivity contribution in [1.82, 2.24) is 46.8 Å². The van der Waals surface area contributed by atoms with Crippen molar-refractivity contribution < 1.29 is 67.0 Å². The second-order valence-electron chi connectivity index (χ2n) is 24.1. The number of para-hydroxylation sites is 1. The van der Waals surface area contributed by atoms with Gasteiger partial charge in [-0.05, 0) is 85.8 Å². The Hall–Kier alpha value is -9.00. The molecule has 0 radical (unpaired) electrons. The molecule has 7 atom stereocenters. The van der Waals surface area contributed by atoms with Gasteiger partial charge in [0.05, 0.1) is 41.6 Å². The van der Waals surface area contributed by atoms with Crippen LogP contribution in [-0.4, -0.2) is 154 Å². The van der Waals surface area contributed by atoms with Crippen LogP contribution in [0.15, 0.2) is 102 Å². The standard InChI is InChI=1S/C68H86N12O15S3/c1-5-68(46-35-54-58-44(34-43-21-14-15-22-48(43)76-58)37-80(54)65(90)45(46)38-94-66(68)91)95-67(92)93-28-30-97-98-39-47(69)60(85)72-27-16-8-13-23-56(82)74-50(24-25-55(70)81)62(87)79-53(33-42-19-11-7-12-20-42)64(89)78-52(32-41-17-9-6-10-18-41)61(86)73-36-57(83)75-51(31-40(2)3)63(88)77-49(59(71)84)26-29-96-4/h6-7,9-12,14-15,17-22,34-35,40,47,49-53H,5,8,13,16,23-33,36-39,69H2,1-4H3,(H2,70,81)(H2,71,84)(H,72,85)(H,73,86)(H,74,82)(H,75,83)(H,77,88)(H,78,89)(H,79,87)/t47-,49-,50-,51-,52-,53-,68-/m0/s1. The first-order valence-corrected chi connectivity index (χ1v) is 36.3. The number of pyridine rings is 2. The summed E-state index contributed by atoms with van der Waals surface area (Å²) in [5.41, 5.74) is 19.2. The number of thioether (sulfide) groups is 1. The number of hydrogen-bond donors (Lipinski definition) is 10. The van der Waals surface area contributed by atoms with E-state index in [0.717, 1.165) is 16.5 Å². The summed E-state index contributed by atoms with van der Waals surface area (Å²) < 4.78 is 18.1. The molecule has 5 aromatic rings. The Morgan fingerprint density at radius 2 is 1.32 bits per heavy atom. The molecule has 0 aliphatic carbocycles. The van der Waals surface area contributed by atoms with Crippen molar-refractivity contribution in [1.29, 1.82) is 0 Å². The van der Waals surface area contributed by atoms with Gasteiger partial charge in [0.15, 0.2) is 0 Å². The lowest BCUT2D eigenvalue weighted by molar-refractivity contribution is -0.175. The van der Waals surface area contributed by atoms with Gasteiger partial charge in [-0.3, -0.25) is 47.9 Å². The fourth-order valence-electron chi connectivity index (χ4n) is 11.1. The van der Waals surface area contributed by atoms with E-state index in [0.29, 0.717) is 47.5 Å². The summed E-state index contributed by atoms with van der Waals surface area (Å²) in [6.07, 6.45) is 1.79. The van der Waals surface area contributed by atoms with Gasteiger partial charge in [-0.25, -0.2) is 14.6 Å². The number of nitrogens with two attached hydrogens (primary N) is 3. The lowest BCUT2D eigenvalue weighted by atomic mass is 9.85. The molecule has 27 nitrogen and oxygen atoms in total. The van der Waals surface area contributed by atoms with Crippen molar-refractivity contribution in [2.45, 2.75) is 146 Å². The summed E-state index contributed by atoms with van der Waals surface area (Å²) in [7, 11) is 2.57. The van der Waals surface area contributed by atoms with E-state index in [9.17, 15) is 57.5 Å². The van der Waals surface area contributed by atoms with Gasteiger partial charge in [-0.2, -0.15) is 11.8 Å². The van der Waals surface area contributed by atoms with Crippen molar-refractivity contribution in [2.75, 3.05) is 43.2 Å². The van der Waals surface area contributed by atoms with Crippen molar-refractivity contribution in [3.8, 4) is 11.4 Å². The van der Waals surface area contributed by atoms with Gasteiger partial charge >= 0.3 is 12.1 Å². The molecule has 0 unspecified atom stereocenters. The number of primary amides is 2. The maximum atomic E-state index is 14.4. The minimum Gasteiger partial charge on any atom is -0.457 e. The summed E-state index contributed by atoms with van der Waals surface area (Å²) in [5.74, 6) is -5.99. The van der Waals surface area contributed by atoms with E-state index in [1.54, 1.807) is 78.2 Å². The lowest BCUT2D eigenvalue weighted by Gasteiger charge is -2.35. The zero-order chi connectivity index (χ0) is 70.9. The summed E-state index contributed by atoms with van der Waals surface area (Å²) in [4.78, 5) is 165. The fraction of sp³-hybridized carbons (Fsp3) is 0.456. The Bertz CT molecular complexity index is 3740. The van der Waals surface area contributed by atoms with Gasteiger partial charge in [0.25, 0.3) is 5.56 Å². The highest BCUT2D eigenvalue weighted by Gasteiger charge is 2.51. The van der Waals surface area contributed by atoms with E-state index >= 15 is 0 Å². The summed E-state index contributed by atoms with van der Waals surface area (Å²) >= 11 is 1.47. The molecule has 98 heavy (non-hydrogen) atoms. The number of carbonyl (C=O) groups is 11. The molecule has 30 heteroatoms. The highest BCUT2D eigenvalue weighted by atomic mass is 33.1. The molecule has 13 N–H and O–H groups in total. The quantitative estimate of drug-likeness (QED) is 0.0150. The summed E-state index contributed by atoms with van der Waals surface area (Å²) in [5, 5.41) is 19.6. The number of nitrogens with one attached hydrogen (secondary N) is 7. The van der Waals surface area contributed by atoms with Crippen LogP contribution in [0.2, 0.25) is 0 Å². The monoisotopic (exact) mass is 1410 g/mol. The third-order valence-corrected chi connectivity index (χ3v) is 19.3. The van der Waals surface area contributed by atoms with Crippen molar-refractivity contribution >= 4 is 110 Å². The van der Waals surface area contributed by atoms with E-state index < -0.39 is 114 Å². The Labute approximate surface area is 579 Å². The molecule has 3 aromatic carbocycles. The Kier molecular flexibility index (Phi) is 29.3. The predicted octanol–water partition coefficient (Wildman–Crippen LogP) is 3.20. The molecule has 0 spiro atoms. The zero-order valence-corrected chi connectivity index (χ0v) is 57.6. The van der Waals surface area contributed by atoms with Crippen LogP contribution in [-0.2, 0) is 93.8 Å². The Balaban J connectivity index is 0.848. The molecule has 0 saturated carbocycles. The first-order valence-electron chi connectivity index (χ1n) is 32.4. The van der Waals surface area contributed by atoms with Crippen LogP contribution in [0.4, 0.5) is 4.79 Å². The summed E-state index contributed by atoms with van der Waals surface area (Å²) in [6, 6.07) is 21.8. The van der Waals surface area contributed by atoms with Gasteiger partial charge in [0, 0.05) is 60.2 Å². The van der Waals surface area contributed by atoms with Crippen LogP contribution in [0.5, 0.6) is 0 Å². The van der Waals surface area contributed by atoms with Gasteiger partial charge in [0.1, 0.15) is 43.4 Å². The van der Waals surface area contributed by atoms with E-state index in [2.05, 4.69) is 37.2 Å². The maximum absolute atomic E-state index is 14.4. The fourth-order valence-corrected chi connectivity index (χ4v) is 13.5. The number of aromatic nitrogens is 2. The number of ether oxygens (including phenoxy) is 3. The SMILES string of the molecule is CC[C@@]1(OC(=O)OCCSSC[C@H](N)C(=O)NCCCCCC(=O)N[C@@H](CCC(N)=O)C(=O)N[C@@H](Cc2ccccc2)C(=O)N[C@@H](Cc2ccccc2)C(=O)NCC(=O)N[C@@H](CC(C)C)C(=O)N[C@@H](CCSC)C(N)=O)C(=O)OCc2c1cc1n(c2=O)Cc2cc3ccccc3nc2-1. The van der Waals surface area contributed by atoms with Crippen LogP contribution in [0.1, 0.15) is 106 Å². The van der Waals surface area contributed by atoms with Crippen LogP contribution in [0.3, 0.4) is 0 Å². The van der Waals surface area contributed by atoms with Gasteiger partial charge in [0.2, 0.25) is 58.8 Å². The number of unbranched alkanes of at least 4 members (excludes halogenated alkanes) is 2. The zero-order valence-electron chi connectivity index (χ0n) is 55.2. The number of nitrogens with zero attached hydrogens (tertiary/aromatic N) is 2. The number of fused-ring (bicyclic) bond motifs is 5. The molecule has 2 aliphatic rings. The molecule has 0 bridgehead atoms. The van der Waals surface area contributed by atoms with Crippen molar-refractivity contribution in [2.24, 2.45) is 23.1 Å². The topological polar surface area (TPSA) is 413 Å². The highest BCUT2D eigenvalue weighted by molar-refractivity contribution is 8.76. The number of cyclic esters (lactones) is 1. The van der Waals surface area contributed by atoms with Gasteiger partial charge < -0.3 is 73.2 Å². The van der Waals surface area contributed by atoms with Crippen LogP contribution in [0.25, 0.3) is 22.3 Å². The minimum atomic E-state index is -1.94. The van der Waals surface area contributed by atoms with Crippen molar-refractivity contribution in [3.05, 3.63) is 135 Å². The molecule has 9 amide bonds. The molecule has 2 aromatic heterocycles. The first-order chi connectivity index (χ1) is 47.0. The third kappa shape index (κ3) is 22.0. The third-order valence-electron chi connectivity index (χ3n) is 16.3. The minimum absolute atomic E-state index is 0.0422. The molecule has 0 saturated heterocycles. The van der Waals surface area contributed by atoms with E-state index in [1.165, 1.54) is 33.3 Å². The molecule has 4 heterocycles. The lowest BCUT2D eigenvalue weighted by Crippen LogP contribution is -2.58. The first kappa shape index (κ1) is 76.4. The van der Waals surface area contributed by atoms with Gasteiger partial charge in [-0.1, -0.05) is 128 Å². The number of rotatable bonds is 39. The van der Waals surface area contributed by atoms with Gasteiger partial charge in [-0.15, -0.1) is 0 Å². The molecule has 0 fully saturated rings. The number of esters is 1. The second kappa shape index (κ2) is 37.7. The van der Waals surface area contributed by atoms with Crippen molar-refractivity contribution in [3.63, 3.8) is 0 Å². The number of hydrogen-bond acceptors (Lipinski definition) is 20. The molecular weight excluding hydrogens is 1320 g/mol. The maximum Gasteiger partial charge on any atom is 0.509 e. The average molecular weight is 1410 g/mol. The average Bonchev–Trinajstić information content (AvgIpc) is 1.51. The Morgan fingerprint density at radius 3 is 1.97 bits per heavy atom.